The molecule has 0 unspecified atom stereocenters. The van der Waals surface area contributed by atoms with Crippen molar-refractivity contribution in [2.45, 2.75) is 44.1 Å². The van der Waals surface area contributed by atoms with E-state index in [9.17, 15) is 9.59 Å². The van der Waals surface area contributed by atoms with Gasteiger partial charge in [0.1, 0.15) is 0 Å². The van der Waals surface area contributed by atoms with Crippen molar-refractivity contribution in [3.63, 3.8) is 0 Å². The molecule has 0 heterocycles. The molecular weight excluding hydrogens is 246 g/mol. The molecule has 6 nitrogen and oxygen atoms in total. The van der Waals surface area contributed by atoms with Crippen molar-refractivity contribution in [1.29, 1.82) is 0 Å². The Balaban J connectivity index is 2.18. The average Bonchev–Trinajstić information content (AvgIpc) is 2.37. The van der Waals surface area contributed by atoms with E-state index >= 15 is 0 Å². The Kier molecular flexibility index (Phi) is 6.80. The van der Waals surface area contributed by atoms with E-state index in [4.69, 9.17) is 10.5 Å². The first kappa shape index (κ1) is 15.9. The number of methoxy groups -OCH3 is 1. The van der Waals surface area contributed by atoms with Crippen LogP contribution in [0, 0.1) is 0 Å². The van der Waals surface area contributed by atoms with Gasteiger partial charge in [-0.1, -0.05) is 19.3 Å². The number of amides is 2. The van der Waals surface area contributed by atoms with Gasteiger partial charge in [0.2, 0.25) is 11.8 Å². The Hall–Kier alpha value is -1.14. The van der Waals surface area contributed by atoms with Gasteiger partial charge in [-0.2, -0.15) is 0 Å². The first-order valence-corrected chi connectivity index (χ1v) is 6.87. The first-order valence-electron chi connectivity index (χ1n) is 6.87. The van der Waals surface area contributed by atoms with Crippen LogP contribution in [0.4, 0.5) is 0 Å². The summed E-state index contributed by atoms with van der Waals surface area (Å²) in [5.41, 5.74) is 5.81. The van der Waals surface area contributed by atoms with E-state index in [2.05, 4.69) is 10.6 Å². The standard InChI is InChI=1S/C13H25N3O3/c1-19-8-7-15-12(18)10-16-11(17)9-13(14)5-3-2-4-6-13/h2-10,14H2,1H3,(H,15,18)(H,16,17). The van der Waals surface area contributed by atoms with Crippen LogP contribution in [0.5, 0.6) is 0 Å². The fourth-order valence-electron chi connectivity index (χ4n) is 2.35. The van der Waals surface area contributed by atoms with Crippen LogP contribution >= 0.6 is 0 Å². The highest BCUT2D eigenvalue weighted by atomic mass is 16.5. The zero-order valence-electron chi connectivity index (χ0n) is 11.7. The maximum atomic E-state index is 11.8. The molecule has 19 heavy (non-hydrogen) atoms. The second-order valence-electron chi connectivity index (χ2n) is 5.22. The number of ether oxygens (including phenoxy) is 1. The number of rotatable bonds is 7. The zero-order valence-corrected chi connectivity index (χ0v) is 11.7. The number of hydrogen-bond donors (Lipinski definition) is 3. The molecule has 6 heteroatoms. The molecule has 1 rings (SSSR count). The predicted octanol–water partition coefficient (Wildman–Crippen LogP) is -0.0831. The van der Waals surface area contributed by atoms with Crippen LogP contribution in [0.1, 0.15) is 38.5 Å². The van der Waals surface area contributed by atoms with Crippen molar-refractivity contribution in [2.24, 2.45) is 5.73 Å². The normalized spacial score (nSPS) is 17.8. The third-order valence-corrected chi connectivity index (χ3v) is 3.44. The van der Waals surface area contributed by atoms with Crippen molar-refractivity contribution >= 4 is 11.8 Å². The third kappa shape index (κ3) is 6.54. The molecule has 0 aromatic rings. The second-order valence-corrected chi connectivity index (χ2v) is 5.22. The molecule has 4 N–H and O–H groups in total. The van der Waals surface area contributed by atoms with Crippen LogP contribution in [0.25, 0.3) is 0 Å². The molecule has 1 fully saturated rings. The van der Waals surface area contributed by atoms with Gasteiger partial charge in [-0.05, 0) is 12.8 Å². The topological polar surface area (TPSA) is 93.5 Å². The molecule has 2 amide bonds. The summed E-state index contributed by atoms with van der Waals surface area (Å²) >= 11 is 0. The minimum atomic E-state index is -0.380. The summed E-state index contributed by atoms with van der Waals surface area (Å²) in [6, 6.07) is 0. The van der Waals surface area contributed by atoms with Crippen LogP contribution in [-0.4, -0.2) is 44.2 Å². The average molecular weight is 271 g/mol. The summed E-state index contributed by atoms with van der Waals surface area (Å²) in [5.74, 6) is -0.355. The van der Waals surface area contributed by atoms with Crippen LogP contribution in [-0.2, 0) is 14.3 Å². The summed E-state index contributed by atoms with van der Waals surface area (Å²) in [4.78, 5) is 23.1. The highest BCUT2D eigenvalue weighted by Crippen LogP contribution is 2.28. The third-order valence-electron chi connectivity index (χ3n) is 3.44. The number of carbonyl (C=O) groups excluding carboxylic acids is 2. The summed E-state index contributed by atoms with van der Waals surface area (Å²) in [6.45, 7) is 0.913. The van der Waals surface area contributed by atoms with Crippen LogP contribution in [0.3, 0.4) is 0 Å². The van der Waals surface area contributed by atoms with Crippen molar-refractivity contribution in [3.05, 3.63) is 0 Å². The smallest absolute Gasteiger partial charge is 0.239 e. The van der Waals surface area contributed by atoms with Gasteiger partial charge >= 0.3 is 0 Å². The van der Waals surface area contributed by atoms with Crippen molar-refractivity contribution in [2.75, 3.05) is 26.8 Å². The molecule has 0 atom stereocenters. The van der Waals surface area contributed by atoms with Crippen molar-refractivity contribution in [1.82, 2.24) is 10.6 Å². The Labute approximate surface area is 114 Å². The van der Waals surface area contributed by atoms with E-state index in [0.717, 1.165) is 25.7 Å². The minimum absolute atomic E-state index is 0.00136. The first-order chi connectivity index (χ1) is 9.06. The minimum Gasteiger partial charge on any atom is -0.383 e. The summed E-state index contributed by atoms with van der Waals surface area (Å²) in [6.07, 6.45) is 5.45. The quantitative estimate of drug-likeness (QED) is 0.564. The van der Waals surface area contributed by atoms with Gasteiger partial charge in [0.05, 0.1) is 13.2 Å². The zero-order chi connectivity index (χ0) is 14.1. The second kappa shape index (κ2) is 8.12. The molecule has 0 saturated heterocycles. The summed E-state index contributed by atoms with van der Waals surface area (Å²) in [5, 5.41) is 5.25. The van der Waals surface area contributed by atoms with Crippen LogP contribution in [0.2, 0.25) is 0 Å². The lowest BCUT2D eigenvalue weighted by molar-refractivity contribution is -0.127. The van der Waals surface area contributed by atoms with Gasteiger partial charge in [0, 0.05) is 25.6 Å². The molecule has 1 saturated carbocycles. The molecule has 0 aliphatic heterocycles. The lowest BCUT2D eigenvalue weighted by Gasteiger charge is -2.32. The monoisotopic (exact) mass is 271 g/mol. The van der Waals surface area contributed by atoms with Crippen LogP contribution in [0.15, 0.2) is 0 Å². The highest BCUT2D eigenvalue weighted by molar-refractivity contribution is 5.85. The van der Waals surface area contributed by atoms with Gasteiger partial charge in [0.15, 0.2) is 0 Å². The van der Waals surface area contributed by atoms with E-state index in [-0.39, 0.29) is 23.9 Å². The highest BCUT2D eigenvalue weighted by Gasteiger charge is 2.29. The van der Waals surface area contributed by atoms with E-state index in [1.54, 1.807) is 7.11 Å². The Morgan fingerprint density at radius 3 is 2.47 bits per heavy atom. The molecule has 0 spiro atoms. The van der Waals surface area contributed by atoms with Gasteiger partial charge < -0.3 is 21.1 Å². The molecule has 0 bridgehead atoms. The van der Waals surface area contributed by atoms with Gasteiger partial charge in [-0.15, -0.1) is 0 Å². The SMILES string of the molecule is COCCNC(=O)CNC(=O)CC1(N)CCCCC1. The Morgan fingerprint density at radius 2 is 1.84 bits per heavy atom. The van der Waals surface area contributed by atoms with Gasteiger partial charge in [0.25, 0.3) is 0 Å². The summed E-state index contributed by atoms with van der Waals surface area (Å²) in [7, 11) is 1.57. The largest absolute Gasteiger partial charge is 0.383 e. The number of nitrogens with one attached hydrogen (secondary N) is 2. The fraction of sp³-hybridized carbons (Fsp3) is 0.846. The maximum absolute atomic E-state index is 11.8. The van der Waals surface area contributed by atoms with E-state index in [1.165, 1.54) is 6.42 Å². The van der Waals surface area contributed by atoms with Crippen molar-refractivity contribution in [3.8, 4) is 0 Å². The molecule has 0 aromatic heterocycles. The Morgan fingerprint density at radius 1 is 1.16 bits per heavy atom. The lowest BCUT2D eigenvalue weighted by Crippen LogP contribution is -2.47. The molecule has 1 aliphatic carbocycles. The van der Waals surface area contributed by atoms with E-state index < -0.39 is 0 Å². The number of carbonyl (C=O) groups is 2. The molecule has 110 valence electrons. The fourth-order valence-corrected chi connectivity index (χ4v) is 2.35. The molecule has 0 radical (unpaired) electrons. The van der Waals surface area contributed by atoms with Gasteiger partial charge in [-0.3, -0.25) is 9.59 Å². The lowest BCUT2D eigenvalue weighted by atomic mass is 9.80. The maximum Gasteiger partial charge on any atom is 0.239 e. The molecule has 1 aliphatic rings. The molecular formula is C13H25N3O3. The number of nitrogens with two attached hydrogens (primary N) is 1. The number of hydrogen-bond acceptors (Lipinski definition) is 4. The summed E-state index contributed by atoms with van der Waals surface area (Å²) < 4.78 is 4.81. The van der Waals surface area contributed by atoms with Crippen molar-refractivity contribution < 1.29 is 14.3 Å². The van der Waals surface area contributed by atoms with Crippen LogP contribution < -0.4 is 16.4 Å². The predicted molar refractivity (Wildman–Crippen MR) is 72.5 cm³/mol. The van der Waals surface area contributed by atoms with E-state index in [0.29, 0.717) is 19.6 Å². The Bertz CT molecular complexity index is 302. The van der Waals surface area contributed by atoms with Gasteiger partial charge in [-0.25, -0.2) is 0 Å². The van der Waals surface area contributed by atoms with E-state index in [1.807, 2.05) is 0 Å². The molecule has 0 aromatic carbocycles.